The van der Waals surface area contributed by atoms with Crippen molar-refractivity contribution < 1.29 is 14.2 Å². The van der Waals surface area contributed by atoms with Gasteiger partial charge < -0.3 is 18.8 Å². The van der Waals surface area contributed by atoms with Crippen LogP contribution in [0.3, 0.4) is 0 Å². The van der Waals surface area contributed by atoms with Gasteiger partial charge in [0.15, 0.2) is 5.79 Å². The van der Waals surface area contributed by atoms with Crippen molar-refractivity contribution in [3.8, 4) is 5.75 Å². The molecule has 1 aliphatic rings. The van der Waals surface area contributed by atoms with Crippen molar-refractivity contribution in [3.63, 3.8) is 0 Å². The minimum Gasteiger partial charge on any atom is -0.494 e. The zero-order chi connectivity index (χ0) is 16.8. The molecule has 1 fully saturated rings. The first kappa shape index (κ1) is 17.0. The molecule has 0 amide bonds. The second-order valence-corrected chi connectivity index (χ2v) is 6.27. The summed E-state index contributed by atoms with van der Waals surface area (Å²) in [5.41, 5.74) is 1.06. The predicted molar refractivity (Wildman–Crippen MR) is 91.9 cm³/mol. The maximum atomic E-state index is 6.19. The average molecular weight is 330 g/mol. The molecule has 24 heavy (non-hydrogen) atoms. The molecule has 0 spiro atoms. The zero-order valence-electron chi connectivity index (χ0n) is 14.5. The van der Waals surface area contributed by atoms with E-state index in [0.717, 1.165) is 43.7 Å². The van der Waals surface area contributed by atoms with Crippen LogP contribution in [0.4, 0.5) is 0 Å². The van der Waals surface area contributed by atoms with E-state index in [4.69, 9.17) is 14.2 Å². The number of nitrogens with zero attached hydrogens (tertiary/aromatic N) is 2. The normalized spacial score (nSPS) is 23.5. The molecule has 1 aromatic heterocycles. The summed E-state index contributed by atoms with van der Waals surface area (Å²) >= 11 is 0. The third-order valence-electron chi connectivity index (χ3n) is 4.19. The number of benzene rings is 1. The predicted octanol–water partition coefficient (Wildman–Crippen LogP) is 3.74. The van der Waals surface area contributed by atoms with Crippen molar-refractivity contribution in [2.24, 2.45) is 0 Å². The van der Waals surface area contributed by atoms with Crippen LogP contribution in [0.2, 0.25) is 0 Å². The molecule has 2 unspecified atom stereocenters. The van der Waals surface area contributed by atoms with Crippen LogP contribution in [0.15, 0.2) is 43.0 Å². The zero-order valence-corrected chi connectivity index (χ0v) is 14.5. The molecule has 2 aromatic rings. The van der Waals surface area contributed by atoms with Gasteiger partial charge in [-0.25, -0.2) is 4.98 Å². The van der Waals surface area contributed by atoms with Crippen LogP contribution in [0.5, 0.6) is 5.75 Å². The lowest BCUT2D eigenvalue weighted by molar-refractivity contribution is -0.181. The molecule has 2 atom stereocenters. The van der Waals surface area contributed by atoms with E-state index in [0.29, 0.717) is 6.61 Å². The molecule has 3 rings (SSSR count). The van der Waals surface area contributed by atoms with Gasteiger partial charge in [-0.3, -0.25) is 0 Å². The third kappa shape index (κ3) is 3.97. The largest absolute Gasteiger partial charge is 0.494 e. The minimum atomic E-state index is -0.650. The van der Waals surface area contributed by atoms with E-state index in [1.807, 2.05) is 24.7 Å². The first-order valence-corrected chi connectivity index (χ1v) is 8.73. The maximum absolute atomic E-state index is 6.19. The highest BCUT2D eigenvalue weighted by Gasteiger charge is 2.41. The molecule has 5 nitrogen and oxygen atoms in total. The Bertz CT molecular complexity index is 612. The van der Waals surface area contributed by atoms with Crippen molar-refractivity contribution in [2.75, 3.05) is 13.2 Å². The van der Waals surface area contributed by atoms with Crippen molar-refractivity contribution >= 4 is 0 Å². The summed E-state index contributed by atoms with van der Waals surface area (Å²) in [4.78, 5) is 4.08. The SMILES string of the molecule is CCCOc1ccc(C2(CCCn3ccnc3)OCC(C)O2)cc1. The summed E-state index contributed by atoms with van der Waals surface area (Å²) in [6.07, 6.45) is 8.49. The Kier molecular flexibility index (Phi) is 5.53. The molecule has 0 aliphatic carbocycles. The van der Waals surface area contributed by atoms with Gasteiger partial charge >= 0.3 is 0 Å². The van der Waals surface area contributed by atoms with E-state index in [2.05, 4.69) is 35.5 Å². The van der Waals surface area contributed by atoms with Crippen molar-refractivity contribution in [1.29, 1.82) is 0 Å². The highest BCUT2D eigenvalue weighted by atomic mass is 16.7. The van der Waals surface area contributed by atoms with Gasteiger partial charge in [0.2, 0.25) is 0 Å². The van der Waals surface area contributed by atoms with Crippen LogP contribution in [-0.4, -0.2) is 28.9 Å². The van der Waals surface area contributed by atoms with Gasteiger partial charge in [-0.2, -0.15) is 0 Å². The highest BCUT2D eigenvalue weighted by molar-refractivity contribution is 5.30. The van der Waals surface area contributed by atoms with E-state index in [9.17, 15) is 0 Å². The quantitative estimate of drug-likeness (QED) is 0.740. The molecular weight excluding hydrogens is 304 g/mol. The Hall–Kier alpha value is -1.85. The molecule has 2 heterocycles. The monoisotopic (exact) mass is 330 g/mol. The fourth-order valence-corrected chi connectivity index (χ4v) is 3.01. The van der Waals surface area contributed by atoms with Crippen LogP contribution in [0.25, 0.3) is 0 Å². The van der Waals surface area contributed by atoms with Crippen LogP contribution in [0.1, 0.15) is 38.7 Å². The second-order valence-electron chi connectivity index (χ2n) is 6.27. The molecule has 130 valence electrons. The number of imidazole rings is 1. The number of hydrogen-bond acceptors (Lipinski definition) is 4. The highest BCUT2D eigenvalue weighted by Crippen LogP contribution is 2.39. The van der Waals surface area contributed by atoms with Gasteiger partial charge in [0, 0.05) is 30.9 Å². The van der Waals surface area contributed by atoms with Gasteiger partial charge in [-0.05, 0) is 44.0 Å². The molecule has 0 saturated carbocycles. The number of aromatic nitrogens is 2. The Balaban J connectivity index is 1.68. The summed E-state index contributed by atoms with van der Waals surface area (Å²) < 4.78 is 20.0. The van der Waals surface area contributed by atoms with Crippen LogP contribution < -0.4 is 4.74 Å². The average Bonchev–Trinajstić information content (AvgIpc) is 3.24. The van der Waals surface area contributed by atoms with E-state index >= 15 is 0 Å². The third-order valence-corrected chi connectivity index (χ3v) is 4.19. The molecular formula is C19H26N2O3. The first-order chi connectivity index (χ1) is 11.7. The molecule has 1 aliphatic heterocycles. The summed E-state index contributed by atoms with van der Waals surface area (Å²) in [7, 11) is 0. The van der Waals surface area contributed by atoms with Gasteiger partial charge in [-0.1, -0.05) is 6.92 Å². The van der Waals surface area contributed by atoms with Crippen LogP contribution in [-0.2, 0) is 21.8 Å². The molecule has 0 bridgehead atoms. The number of ether oxygens (including phenoxy) is 3. The number of rotatable bonds is 8. The molecule has 0 radical (unpaired) electrons. The van der Waals surface area contributed by atoms with Gasteiger partial charge in [0.05, 0.1) is 25.6 Å². The topological polar surface area (TPSA) is 45.5 Å². The first-order valence-electron chi connectivity index (χ1n) is 8.73. The maximum Gasteiger partial charge on any atom is 0.195 e. The lowest BCUT2D eigenvalue weighted by atomic mass is 10.00. The second kappa shape index (κ2) is 7.81. The van der Waals surface area contributed by atoms with Crippen molar-refractivity contribution in [3.05, 3.63) is 48.5 Å². The minimum absolute atomic E-state index is 0.106. The van der Waals surface area contributed by atoms with E-state index in [1.165, 1.54) is 0 Å². The fraction of sp³-hybridized carbons (Fsp3) is 0.526. The Morgan fingerprint density at radius 3 is 2.79 bits per heavy atom. The van der Waals surface area contributed by atoms with Gasteiger partial charge in [-0.15, -0.1) is 0 Å². The molecule has 1 aromatic carbocycles. The lowest BCUT2D eigenvalue weighted by Gasteiger charge is -2.28. The van der Waals surface area contributed by atoms with Gasteiger partial charge in [0.25, 0.3) is 0 Å². The smallest absolute Gasteiger partial charge is 0.195 e. The summed E-state index contributed by atoms with van der Waals surface area (Å²) in [5.74, 6) is 0.240. The molecule has 1 saturated heterocycles. The summed E-state index contributed by atoms with van der Waals surface area (Å²) in [5, 5.41) is 0. The Morgan fingerprint density at radius 1 is 1.33 bits per heavy atom. The standard InChI is InChI=1S/C19H26N2O3/c1-3-13-22-18-7-5-17(6-8-18)19(23-14-16(2)24-19)9-4-11-21-12-10-20-15-21/h5-8,10,12,15-16H,3-4,9,11,13-14H2,1-2H3. The summed E-state index contributed by atoms with van der Waals surface area (Å²) in [6.45, 7) is 6.42. The van der Waals surface area contributed by atoms with Crippen molar-refractivity contribution in [2.45, 2.75) is 51.5 Å². The fourth-order valence-electron chi connectivity index (χ4n) is 3.01. The Labute approximate surface area is 143 Å². The summed E-state index contributed by atoms with van der Waals surface area (Å²) in [6, 6.07) is 8.11. The van der Waals surface area contributed by atoms with E-state index in [-0.39, 0.29) is 6.10 Å². The molecule has 0 N–H and O–H groups in total. The van der Waals surface area contributed by atoms with E-state index < -0.39 is 5.79 Å². The number of aryl methyl sites for hydroxylation is 1. The lowest BCUT2D eigenvalue weighted by Crippen LogP contribution is -2.28. The number of hydrogen-bond donors (Lipinski definition) is 0. The van der Waals surface area contributed by atoms with E-state index in [1.54, 1.807) is 6.20 Å². The van der Waals surface area contributed by atoms with Crippen LogP contribution in [0, 0.1) is 0 Å². The van der Waals surface area contributed by atoms with Crippen molar-refractivity contribution in [1.82, 2.24) is 9.55 Å². The van der Waals surface area contributed by atoms with Crippen LogP contribution >= 0.6 is 0 Å². The molecule has 5 heteroatoms. The Morgan fingerprint density at radius 2 is 2.17 bits per heavy atom. The van der Waals surface area contributed by atoms with Gasteiger partial charge in [0.1, 0.15) is 5.75 Å².